The monoisotopic (exact) mass is 257 g/mol. The van der Waals surface area contributed by atoms with Gasteiger partial charge in [-0.25, -0.2) is 4.98 Å². The summed E-state index contributed by atoms with van der Waals surface area (Å²) in [5.41, 5.74) is 0.729. The van der Waals surface area contributed by atoms with E-state index in [-0.39, 0.29) is 5.78 Å². The lowest BCUT2D eigenvalue weighted by Gasteiger charge is -2.19. The molecule has 0 aliphatic heterocycles. The molecule has 3 rings (SSSR count). The van der Waals surface area contributed by atoms with E-state index in [1.54, 1.807) is 0 Å². The van der Waals surface area contributed by atoms with Gasteiger partial charge in [0.2, 0.25) is 0 Å². The summed E-state index contributed by atoms with van der Waals surface area (Å²) in [4.78, 5) is 15.6. The standard InChI is InChI=1S/C14H11NO2S/c1-9-3-2-4-11-12(9)15-13(18-11)14(17)7-5-10(16)6-8-14/h2-8,17H,1H3. The molecule has 0 saturated heterocycles. The fraction of sp³-hybridized carbons (Fsp3) is 0.143. The Morgan fingerprint density at radius 2 is 2.00 bits per heavy atom. The van der Waals surface area contributed by atoms with Crippen molar-refractivity contribution in [2.24, 2.45) is 0 Å². The topological polar surface area (TPSA) is 50.2 Å². The number of benzene rings is 1. The zero-order valence-corrected chi connectivity index (χ0v) is 10.6. The zero-order valence-electron chi connectivity index (χ0n) is 9.75. The van der Waals surface area contributed by atoms with Crippen LogP contribution in [0.2, 0.25) is 0 Å². The van der Waals surface area contributed by atoms with Crippen LogP contribution in [0, 0.1) is 6.92 Å². The van der Waals surface area contributed by atoms with E-state index in [9.17, 15) is 9.90 Å². The second-order valence-corrected chi connectivity index (χ2v) is 5.37. The lowest BCUT2D eigenvalue weighted by molar-refractivity contribution is -0.110. The summed E-state index contributed by atoms with van der Waals surface area (Å²) < 4.78 is 1.04. The number of aryl methyl sites for hydroxylation is 1. The van der Waals surface area contributed by atoms with Crippen LogP contribution in [0.15, 0.2) is 42.5 Å². The van der Waals surface area contributed by atoms with E-state index in [0.717, 1.165) is 15.8 Å². The minimum Gasteiger partial charge on any atom is -0.375 e. The van der Waals surface area contributed by atoms with Crippen LogP contribution in [0.5, 0.6) is 0 Å². The second kappa shape index (κ2) is 3.86. The van der Waals surface area contributed by atoms with Crippen molar-refractivity contribution < 1.29 is 9.90 Å². The third-order valence-electron chi connectivity index (χ3n) is 2.97. The Morgan fingerprint density at radius 1 is 1.28 bits per heavy atom. The Kier molecular flexibility index (Phi) is 2.43. The number of allylic oxidation sites excluding steroid dienone is 2. The van der Waals surface area contributed by atoms with Crippen LogP contribution < -0.4 is 0 Å². The van der Waals surface area contributed by atoms with Crippen molar-refractivity contribution in [3.05, 3.63) is 53.1 Å². The van der Waals surface area contributed by atoms with Crippen molar-refractivity contribution in [3.8, 4) is 0 Å². The number of rotatable bonds is 1. The van der Waals surface area contributed by atoms with Gasteiger partial charge in [-0.2, -0.15) is 0 Å². The van der Waals surface area contributed by atoms with Gasteiger partial charge < -0.3 is 5.11 Å². The molecule has 1 aliphatic carbocycles. The van der Waals surface area contributed by atoms with Crippen LogP contribution in [0.4, 0.5) is 0 Å². The zero-order chi connectivity index (χ0) is 12.8. The van der Waals surface area contributed by atoms with Gasteiger partial charge in [0.1, 0.15) is 5.01 Å². The van der Waals surface area contributed by atoms with Gasteiger partial charge >= 0.3 is 0 Å². The Balaban J connectivity index is 2.16. The van der Waals surface area contributed by atoms with Gasteiger partial charge in [-0.1, -0.05) is 12.1 Å². The highest BCUT2D eigenvalue weighted by Crippen LogP contribution is 2.34. The molecule has 0 amide bonds. The summed E-state index contributed by atoms with van der Waals surface area (Å²) in [5, 5.41) is 11.1. The summed E-state index contributed by atoms with van der Waals surface area (Å²) in [5.74, 6) is -0.114. The van der Waals surface area contributed by atoms with Crippen LogP contribution in [-0.2, 0) is 10.4 Å². The van der Waals surface area contributed by atoms with Crippen LogP contribution in [0.1, 0.15) is 10.6 Å². The van der Waals surface area contributed by atoms with E-state index in [4.69, 9.17) is 0 Å². The molecule has 0 radical (unpaired) electrons. The van der Waals surface area contributed by atoms with Crippen LogP contribution in [0.3, 0.4) is 0 Å². The number of fused-ring (bicyclic) bond motifs is 1. The van der Waals surface area contributed by atoms with Crippen molar-refractivity contribution >= 4 is 27.3 Å². The number of hydrogen-bond acceptors (Lipinski definition) is 4. The summed E-state index contributed by atoms with van der Waals surface area (Å²) in [6, 6.07) is 5.94. The number of thiazole rings is 1. The van der Waals surface area contributed by atoms with E-state index in [2.05, 4.69) is 4.98 Å². The van der Waals surface area contributed by atoms with Crippen molar-refractivity contribution in [2.75, 3.05) is 0 Å². The van der Waals surface area contributed by atoms with Gasteiger partial charge in [0.25, 0.3) is 0 Å². The molecular weight excluding hydrogens is 246 g/mol. The molecule has 0 atom stereocenters. The van der Waals surface area contributed by atoms with Gasteiger partial charge in [-0.3, -0.25) is 4.79 Å². The minimum atomic E-state index is -1.26. The average Bonchev–Trinajstić information content (AvgIpc) is 2.79. The number of aliphatic hydroxyl groups is 1. The molecule has 3 nitrogen and oxygen atoms in total. The van der Waals surface area contributed by atoms with E-state index in [1.165, 1.54) is 35.6 Å². The highest BCUT2D eigenvalue weighted by Gasteiger charge is 2.29. The fourth-order valence-electron chi connectivity index (χ4n) is 1.93. The Morgan fingerprint density at radius 3 is 2.67 bits per heavy atom. The maximum absolute atomic E-state index is 11.1. The number of para-hydroxylation sites is 1. The largest absolute Gasteiger partial charge is 0.375 e. The van der Waals surface area contributed by atoms with E-state index >= 15 is 0 Å². The number of ketones is 1. The number of carbonyl (C=O) groups is 1. The normalized spacial score (nSPS) is 17.6. The van der Waals surface area contributed by atoms with Gasteiger partial charge in [-0.15, -0.1) is 11.3 Å². The van der Waals surface area contributed by atoms with Gasteiger partial charge in [-0.05, 0) is 42.9 Å². The van der Waals surface area contributed by atoms with Crippen molar-refractivity contribution in [1.29, 1.82) is 0 Å². The van der Waals surface area contributed by atoms with Gasteiger partial charge in [0.15, 0.2) is 11.4 Å². The molecule has 0 unspecified atom stereocenters. The maximum atomic E-state index is 11.1. The molecule has 1 N–H and O–H groups in total. The predicted octanol–water partition coefficient (Wildman–Crippen LogP) is 2.49. The molecule has 1 aromatic carbocycles. The first-order valence-electron chi connectivity index (χ1n) is 5.60. The van der Waals surface area contributed by atoms with E-state index in [1.807, 2.05) is 25.1 Å². The first-order valence-corrected chi connectivity index (χ1v) is 6.42. The number of nitrogens with zero attached hydrogens (tertiary/aromatic N) is 1. The Hall–Kier alpha value is -1.78. The number of carbonyl (C=O) groups excluding carboxylic acids is 1. The molecular formula is C14H11NO2S. The summed E-state index contributed by atoms with van der Waals surface area (Å²) in [7, 11) is 0. The van der Waals surface area contributed by atoms with Gasteiger partial charge in [0, 0.05) is 0 Å². The highest BCUT2D eigenvalue weighted by molar-refractivity contribution is 7.18. The van der Waals surface area contributed by atoms with E-state index < -0.39 is 5.60 Å². The van der Waals surface area contributed by atoms with Crippen LogP contribution >= 0.6 is 11.3 Å². The quantitative estimate of drug-likeness (QED) is 0.854. The SMILES string of the molecule is Cc1cccc2sc(C3(O)C=CC(=O)C=C3)nc12. The van der Waals surface area contributed by atoms with E-state index in [0.29, 0.717) is 5.01 Å². The highest BCUT2D eigenvalue weighted by atomic mass is 32.1. The molecule has 1 aliphatic rings. The fourth-order valence-corrected chi connectivity index (χ4v) is 3.02. The van der Waals surface area contributed by atoms with Gasteiger partial charge in [0.05, 0.1) is 10.2 Å². The summed E-state index contributed by atoms with van der Waals surface area (Å²) >= 11 is 1.44. The second-order valence-electron chi connectivity index (χ2n) is 4.34. The van der Waals surface area contributed by atoms with Crippen LogP contribution in [-0.4, -0.2) is 15.9 Å². The van der Waals surface area contributed by atoms with Crippen LogP contribution in [0.25, 0.3) is 10.2 Å². The molecule has 4 heteroatoms. The number of hydrogen-bond donors (Lipinski definition) is 1. The smallest absolute Gasteiger partial charge is 0.178 e. The third kappa shape index (κ3) is 1.70. The lowest BCUT2D eigenvalue weighted by Crippen LogP contribution is -2.22. The molecule has 2 aromatic rings. The van der Waals surface area contributed by atoms with Crippen molar-refractivity contribution in [1.82, 2.24) is 4.98 Å². The molecule has 0 saturated carbocycles. The molecule has 1 heterocycles. The molecule has 0 spiro atoms. The average molecular weight is 257 g/mol. The first kappa shape index (κ1) is 11.3. The molecule has 90 valence electrons. The third-order valence-corrected chi connectivity index (χ3v) is 4.13. The molecule has 0 fully saturated rings. The number of aromatic nitrogens is 1. The summed E-state index contributed by atoms with van der Waals surface area (Å²) in [6.07, 6.45) is 5.72. The Labute approximate surface area is 108 Å². The lowest BCUT2D eigenvalue weighted by atomic mass is 9.98. The predicted molar refractivity (Wildman–Crippen MR) is 71.5 cm³/mol. The summed E-state index contributed by atoms with van der Waals surface area (Å²) in [6.45, 7) is 1.99. The van der Waals surface area contributed by atoms with Crippen molar-refractivity contribution in [2.45, 2.75) is 12.5 Å². The van der Waals surface area contributed by atoms with Crippen molar-refractivity contribution in [3.63, 3.8) is 0 Å². The Bertz CT molecular complexity index is 681. The first-order chi connectivity index (χ1) is 8.58. The molecule has 18 heavy (non-hydrogen) atoms. The molecule has 0 bridgehead atoms. The maximum Gasteiger partial charge on any atom is 0.178 e. The molecule has 1 aromatic heterocycles. The minimum absolute atomic E-state index is 0.114.